The molecule has 0 amide bonds. The summed E-state index contributed by atoms with van der Waals surface area (Å²) in [4.78, 5) is 4.02. The molecule has 0 aliphatic rings. The average molecular weight is 138 g/mol. The van der Waals surface area contributed by atoms with Gasteiger partial charge in [-0.1, -0.05) is 12.7 Å². The molecule has 0 aliphatic carbocycles. The molecule has 0 rings (SSSR count). The highest BCUT2D eigenvalue weighted by atomic mass is 14.9. The van der Waals surface area contributed by atoms with E-state index in [0.717, 1.165) is 11.4 Å². The van der Waals surface area contributed by atoms with Gasteiger partial charge in [0.05, 0.1) is 0 Å². The highest BCUT2D eigenvalue weighted by molar-refractivity contribution is 5.78. The fraction of sp³-hybridized carbons (Fsp3) is 0.375. The Kier molecular flexibility index (Phi) is 4.29. The summed E-state index contributed by atoms with van der Waals surface area (Å²) in [6.45, 7) is 7.46. The third-order valence-corrected chi connectivity index (χ3v) is 1.02. The molecule has 0 aromatic heterocycles. The first kappa shape index (κ1) is 8.95. The molecular formula is C8H14N2. The molecule has 2 nitrogen and oxygen atoms in total. The summed E-state index contributed by atoms with van der Waals surface area (Å²) in [5, 5.41) is 2.98. The van der Waals surface area contributed by atoms with Gasteiger partial charge in [0.25, 0.3) is 0 Å². The summed E-state index contributed by atoms with van der Waals surface area (Å²) in [6.07, 6.45) is 3.70. The lowest BCUT2D eigenvalue weighted by atomic mass is 10.4. The van der Waals surface area contributed by atoms with Crippen LogP contribution >= 0.6 is 0 Å². The largest absolute Gasteiger partial charge is 0.387 e. The van der Waals surface area contributed by atoms with Crippen molar-refractivity contribution >= 4 is 6.21 Å². The lowest BCUT2D eigenvalue weighted by molar-refractivity contribution is 1.05. The maximum absolute atomic E-state index is 4.02. The monoisotopic (exact) mass is 138 g/mol. The zero-order chi connectivity index (χ0) is 7.98. The van der Waals surface area contributed by atoms with Crippen molar-refractivity contribution < 1.29 is 0 Å². The zero-order valence-electron chi connectivity index (χ0n) is 6.81. The van der Waals surface area contributed by atoms with Crippen LogP contribution in [0.3, 0.4) is 0 Å². The van der Waals surface area contributed by atoms with E-state index in [1.165, 1.54) is 0 Å². The van der Waals surface area contributed by atoms with E-state index in [0.29, 0.717) is 0 Å². The summed E-state index contributed by atoms with van der Waals surface area (Å²) >= 11 is 0. The number of hydrogen-bond acceptors (Lipinski definition) is 2. The third kappa shape index (κ3) is 3.89. The second-order valence-corrected chi connectivity index (χ2v) is 1.99. The van der Waals surface area contributed by atoms with Gasteiger partial charge in [0, 0.05) is 24.7 Å². The van der Waals surface area contributed by atoms with E-state index in [1.807, 2.05) is 27.0 Å². The summed E-state index contributed by atoms with van der Waals surface area (Å²) in [5.41, 5.74) is 1.82. The van der Waals surface area contributed by atoms with Crippen LogP contribution in [-0.4, -0.2) is 13.3 Å². The topological polar surface area (TPSA) is 24.4 Å². The van der Waals surface area contributed by atoms with Crippen LogP contribution in [0.25, 0.3) is 0 Å². The maximum atomic E-state index is 4.02. The predicted molar refractivity (Wildman–Crippen MR) is 46.1 cm³/mol. The Morgan fingerprint density at radius 3 is 2.50 bits per heavy atom. The molecule has 0 radical (unpaired) electrons. The second kappa shape index (κ2) is 4.79. The average Bonchev–Trinajstić information content (AvgIpc) is 1.90. The minimum atomic E-state index is 0.814. The van der Waals surface area contributed by atoms with Gasteiger partial charge in [-0.2, -0.15) is 0 Å². The summed E-state index contributed by atoms with van der Waals surface area (Å²) in [5.74, 6) is 0. The van der Waals surface area contributed by atoms with Gasteiger partial charge in [0.2, 0.25) is 0 Å². The van der Waals surface area contributed by atoms with Gasteiger partial charge >= 0.3 is 0 Å². The van der Waals surface area contributed by atoms with E-state index in [-0.39, 0.29) is 0 Å². The van der Waals surface area contributed by atoms with Crippen molar-refractivity contribution in [3.8, 4) is 0 Å². The van der Waals surface area contributed by atoms with Gasteiger partial charge in [-0.3, -0.25) is 4.99 Å². The number of aliphatic imine (C=N–C) groups is 1. The van der Waals surface area contributed by atoms with E-state index in [1.54, 1.807) is 6.21 Å². The molecule has 0 saturated carbocycles. The molecule has 0 saturated heterocycles. The summed E-state index contributed by atoms with van der Waals surface area (Å²) in [6, 6.07) is 0. The Morgan fingerprint density at radius 1 is 1.60 bits per heavy atom. The number of nitrogens with one attached hydrogen (secondary N) is 1. The first-order valence-corrected chi connectivity index (χ1v) is 3.24. The van der Waals surface area contributed by atoms with Crippen molar-refractivity contribution in [2.75, 3.05) is 7.05 Å². The van der Waals surface area contributed by atoms with E-state index in [2.05, 4.69) is 16.9 Å². The Balaban J connectivity index is 3.98. The molecule has 0 spiro atoms. The Morgan fingerprint density at radius 2 is 2.20 bits per heavy atom. The molecule has 1 N–H and O–H groups in total. The fourth-order valence-electron chi connectivity index (χ4n) is 0.463. The van der Waals surface area contributed by atoms with Gasteiger partial charge in [-0.05, 0) is 13.8 Å². The molecule has 0 fully saturated rings. The third-order valence-electron chi connectivity index (χ3n) is 1.02. The highest BCUT2D eigenvalue weighted by Crippen LogP contribution is 1.89. The molecule has 0 heterocycles. The molecule has 2 heteroatoms. The minimum absolute atomic E-state index is 0.814. The second-order valence-electron chi connectivity index (χ2n) is 1.99. The van der Waals surface area contributed by atoms with Crippen molar-refractivity contribution in [3.63, 3.8) is 0 Å². The summed E-state index contributed by atoms with van der Waals surface area (Å²) < 4.78 is 0. The zero-order valence-corrected chi connectivity index (χ0v) is 6.81. The maximum Gasteiger partial charge on any atom is 0.0499 e. The Bertz CT molecular complexity index is 166. The first-order valence-electron chi connectivity index (χ1n) is 3.24. The van der Waals surface area contributed by atoms with E-state index < -0.39 is 0 Å². The fourth-order valence-corrected chi connectivity index (χ4v) is 0.463. The molecule has 0 bridgehead atoms. The van der Waals surface area contributed by atoms with Crippen LogP contribution in [0.5, 0.6) is 0 Å². The minimum Gasteiger partial charge on any atom is -0.387 e. The quantitative estimate of drug-likeness (QED) is 0.590. The standard InChI is InChI=1S/C8H14N2/c1-5-8(9-4)6-10-7(2)3/h5-6,9H,2H2,1,3-4H3/b8-5+,10-6?. The molecule has 0 atom stereocenters. The van der Waals surface area contributed by atoms with E-state index in [4.69, 9.17) is 0 Å². The van der Waals surface area contributed by atoms with E-state index in [9.17, 15) is 0 Å². The van der Waals surface area contributed by atoms with Crippen molar-refractivity contribution in [1.82, 2.24) is 5.32 Å². The van der Waals surface area contributed by atoms with Crippen LogP contribution in [0.4, 0.5) is 0 Å². The molecule has 10 heavy (non-hydrogen) atoms. The van der Waals surface area contributed by atoms with Crippen LogP contribution in [0.2, 0.25) is 0 Å². The number of hydrogen-bond donors (Lipinski definition) is 1. The number of nitrogens with zero attached hydrogens (tertiary/aromatic N) is 1. The van der Waals surface area contributed by atoms with Crippen molar-refractivity contribution in [2.24, 2.45) is 4.99 Å². The van der Waals surface area contributed by atoms with Crippen LogP contribution in [0.1, 0.15) is 13.8 Å². The smallest absolute Gasteiger partial charge is 0.0499 e. The molecule has 56 valence electrons. The summed E-state index contributed by atoms with van der Waals surface area (Å²) in [7, 11) is 1.86. The van der Waals surface area contributed by atoms with Gasteiger partial charge in [-0.25, -0.2) is 0 Å². The first-order chi connectivity index (χ1) is 4.70. The van der Waals surface area contributed by atoms with Crippen molar-refractivity contribution in [3.05, 3.63) is 24.0 Å². The Labute approximate surface area is 62.4 Å². The predicted octanol–water partition coefficient (Wildman–Crippen LogP) is 1.71. The van der Waals surface area contributed by atoms with Crippen molar-refractivity contribution in [1.29, 1.82) is 0 Å². The molecule has 0 aliphatic heterocycles. The van der Waals surface area contributed by atoms with Gasteiger partial charge < -0.3 is 5.32 Å². The Hall–Kier alpha value is -1.05. The SMILES string of the molecule is C=C(C)N=C/C(=C\C)NC. The molecular weight excluding hydrogens is 124 g/mol. The lowest BCUT2D eigenvalue weighted by Gasteiger charge is -1.96. The van der Waals surface area contributed by atoms with Crippen LogP contribution in [-0.2, 0) is 0 Å². The highest BCUT2D eigenvalue weighted by Gasteiger charge is 1.82. The van der Waals surface area contributed by atoms with E-state index >= 15 is 0 Å². The number of rotatable bonds is 3. The lowest BCUT2D eigenvalue weighted by Crippen LogP contribution is -2.05. The number of allylic oxidation sites excluding steroid dienone is 3. The molecule has 0 unspecified atom stereocenters. The van der Waals surface area contributed by atoms with Crippen LogP contribution in [0, 0.1) is 0 Å². The molecule has 0 aromatic carbocycles. The van der Waals surface area contributed by atoms with Crippen molar-refractivity contribution in [2.45, 2.75) is 13.8 Å². The van der Waals surface area contributed by atoms with Crippen LogP contribution < -0.4 is 5.32 Å². The van der Waals surface area contributed by atoms with Crippen LogP contribution in [0.15, 0.2) is 29.0 Å². The van der Waals surface area contributed by atoms with Gasteiger partial charge in [0.1, 0.15) is 0 Å². The van der Waals surface area contributed by atoms with Gasteiger partial charge in [-0.15, -0.1) is 0 Å². The normalized spacial score (nSPS) is 12.1. The molecule has 0 aromatic rings. The van der Waals surface area contributed by atoms with Gasteiger partial charge in [0.15, 0.2) is 0 Å².